The van der Waals surface area contributed by atoms with Gasteiger partial charge in [0.05, 0.1) is 19.8 Å². The molecule has 0 radical (unpaired) electrons. The molecule has 0 aromatic heterocycles. The average molecular weight is 395 g/mol. The Morgan fingerprint density at radius 3 is 2.14 bits per heavy atom. The van der Waals surface area contributed by atoms with E-state index < -0.39 is 6.36 Å². The summed E-state index contributed by atoms with van der Waals surface area (Å²) in [6, 6.07) is 11.9. The zero-order chi connectivity index (χ0) is 20.3. The van der Waals surface area contributed by atoms with Gasteiger partial charge in [0, 0.05) is 19.1 Å². The highest BCUT2D eigenvalue weighted by atomic mass is 19.4. The zero-order valence-corrected chi connectivity index (χ0v) is 16.1. The molecule has 3 rings (SSSR count). The second-order valence-electron chi connectivity index (χ2n) is 7.05. The van der Waals surface area contributed by atoms with Crippen LogP contribution < -0.4 is 14.2 Å². The molecule has 1 aliphatic heterocycles. The van der Waals surface area contributed by atoms with Gasteiger partial charge < -0.3 is 14.2 Å². The van der Waals surface area contributed by atoms with Gasteiger partial charge in [0.1, 0.15) is 17.2 Å². The smallest absolute Gasteiger partial charge is 0.496 e. The van der Waals surface area contributed by atoms with Crippen molar-refractivity contribution in [1.29, 1.82) is 0 Å². The van der Waals surface area contributed by atoms with Crippen molar-refractivity contribution in [1.82, 2.24) is 4.90 Å². The molecule has 4 nitrogen and oxygen atoms in total. The minimum Gasteiger partial charge on any atom is -0.496 e. The molecule has 0 bridgehead atoms. The van der Waals surface area contributed by atoms with E-state index in [2.05, 4.69) is 16.6 Å². The topological polar surface area (TPSA) is 30.9 Å². The van der Waals surface area contributed by atoms with E-state index in [4.69, 9.17) is 9.47 Å². The summed E-state index contributed by atoms with van der Waals surface area (Å²) in [7, 11) is 3.28. The van der Waals surface area contributed by atoms with Gasteiger partial charge >= 0.3 is 6.36 Å². The third-order valence-corrected chi connectivity index (χ3v) is 4.95. The number of hydrogen-bond donors (Lipinski definition) is 0. The largest absolute Gasteiger partial charge is 0.573 e. The van der Waals surface area contributed by atoms with Gasteiger partial charge in [-0.3, -0.25) is 4.90 Å². The SMILES string of the molecule is COc1cccc(OC)c1[C@@H]1C[C@H](C)CN1Cc1ccc(OC(F)(F)F)cc1. The van der Waals surface area contributed by atoms with Crippen molar-refractivity contribution in [2.24, 2.45) is 5.92 Å². The minimum absolute atomic E-state index is 0.104. The van der Waals surface area contributed by atoms with Crippen LogP contribution in [0.25, 0.3) is 0 Å². The Balaban J connectivity index is 1.82. The predicted molar refractivity (Wildman–Crippen MR) is 99.6 cm³/mol. The van der Waals surface area contributed by atoms with Gasteiger partial charge in [-0.05, 0) is 42.2 Å². The van der Waals surface area contributed by atoms with E-state index in [1.165, 1.54) is 12.1 Å². The molecule has 2 aromatic rings. The molecule has 7 heteroatoms. The molecular formula is C21H24F3NO3. The van der Waals surface area contributed by atoms with Crippen LogP contribution in [0.3, 0.4) is 0 Å². The molecular weight excluding hydrogens is 371 g/mol. The minimum atomic E-state index is -4.68. The van der Waals surface area contributed by atoms with Crippen molar-refractivity contribution >= 4 is 0 Å². The molecule has 1 heterocycles. The number of hydrogen-bond acceptors (Lipinski definition) is 4. The summed E-state index contributed by atoms with van der Waals surface area (Å²) in [4.78, 5) is 2.31. The zero-order valence-electron chi connectivity index (χ0n) is 16.1. The van der Waals surface area contributed by atoms with Gasteiger partial charge in [-0.15, -0.1) is 13.2 Å². The molecule has 0 N–H and O–H groups in total. The summed E-state index contributed by atoms with van der Waals surface area (Å²) in [6.45, 7) is 3.68. The van der Waals surface area contributed by atoms with Gasteiger partial charge in [-0.1, -0.05) is 25.1 Å². The van der Waals surface area contributed by atoms with Crippen molar-refractivity contribution in [2.45, 2.75) is 32.3 Å². The Kier molecular flexibility index (Phi) is 6.03. The normalized spacial score (nSPS) is 20.2. The van der Waals surface area contributed by atoms with Gasteiger partial charge in [0.15, 0.2) is 0 Å². The van der Waals surface area contributed by atoms with Crippen LogP contribution in [0.15, 0.2) is 42.5 Å². The third-order valence-electron chi connectivity index (χ3n) is 4.95. The molecule has 2 aromatic carbocycles. The standard InChI is InChI=1S/C21H24F3NO3/c1-14-11-17(20-18(26-2)5-4-6-19(20)27-3)25(12-14)13-15-7-9-16(10-8-15)28-21(22,23)24/h4-10,14,17H,11-13H2,1-3H3/t14-,17-/m0/s1. The summed E-state index contributed by atoms with van der Waals surface area (Å²) in [5, 5.41) is 0. The maximum atomic E-state index is 12.3. The van der Waals surface area contributed by atoms with E-state index in [9.17, 15) is 13.2 Å². The highest BCUT2D eigenvalue weighted by Gasteiger charge is 2.35. The lowest BCUT2D eigenvalue weighted by Gasteiger charge is -2.27. The van der Waals surface area contributed by atoms with Crippen LogP contribution in [0.2, 0.25) is 0 Å². The average Bonchev–Trinajstić information content (AvgIpc) is 3.01. The number of rotatable bonds is 6. The van der Waals surface area contributed by atoms with Crippen molar-refractivity contribution in [2.75, 3.05) is 20.8 Å². The second kappa shape index (κ2) is 8.31. The van der Waals surface area contributed by atoms with Crippen molar-refractivity contribution in [3.05, 3.63) is 53.6 Å². The molecule has 0 amide bonds. The lowest BCUT2D eigenvalue weighted by Crippen LogP contribution is -2.24. The van der Waals surface area contributed by atoms with Crippen molar-refractivity contribution in [3.63, 3.8) is 0 Å². The molecule has 0 saturated carbocycles. The van der Waals surface area contributed by atoms with Crippen LogP contribution in [0.4, 0.5) is 13.2 Å². The fourth-order valence-electron chi connectivity index (χ4n) is 3.85. The van der Waals surface area contributed by atoms with Crippen LogP contribution in [-0.2, 0) is 6.54 Å². The Bertz CT molecular complexity index is 770. The van der Waals surface area contributed by atoms with E-state index >= 15 is 0 Å². The molecule has 0 unspecified atom stereocenters. The predicted octanol–water partition coefficient (Wildman–Crippen LogP) is 5.19. The summed E-state index contributed by atoms with van der Waals surface area (Å²) in [5.74, 6) is 1.82. The molecule has 1 aliphatic rings. The molecule has 28 heavy (non-hydrogen) atoms. The number of alkyl halides is 3. The number of benzene rings is 2. The summed E-state index contributed by atoms with van der Waals surface area (Å²) >= 11 is 0. The number of ether oxygens (including phenoxy) is 3. The highest BCUT2D eigenvalue weighted by Crippen LogP contribution is 2.44. The van der Waals surface area contributed by atoms with E-state index in [0.29, 0.717) is 12.5 Å². The molecule has 0 spiro atoms. The van der Waals surface area contributed by atoms with Crippen molar-refractivity contribution in [3.8, 4) is 17.2 Å². The maximum Gasteiger partial charge on any atom is 0.573 e. The van der Waals surface area contributed by atoms with Crippen LogP contribution in [0, 0.1) is 5.92 Å². The molecule has 152 valence electrons. The first-order valence-electron chi connectivity index (χ1n) is 9.10. The molecule has 1 fully saturated rings. The van der Waals surface area contributed by atoms with Crippen LogP contribution >= 0.6 is 0 Å². The first kappa shape index (κ1) is 20.3. The van der Waals surface area contributed by atoms with E-state index in [1.807, 2.05) is 18.2 Å². The lowest BCUT2D eigenvalue weighted by atomic mass is 9.98. The lowest BCUT2D eigenvalue weighted by molar-refractivity contribution is -0.274. The van der Waals surface area contributed by atoms with E-state index in [1.54, 1.807) is 26.4 Å². The fourth-order valence-corrected chi connectivity index (χ4v) is 3.85. The Morgan fingerprint density at radius 2 is 1.61 bits per heavy atom. The fraction of sp³-hybridized carbons (Fsp3) is 0.429. The van der Waals surface area contributed by atoms with Gasteiger partial charge in [-0.25, -0.2) is 0 Å². The maximum absolute atomic E-state index is 12.3. The van der Waals surface area contributed by atoms with Crippen LogP contribution in [0.1, 0.15) is 30.5 Å². The quantitative estimate of drug-likeness (QED) is 0.674. The highest BCUT2D eigenvalue weighted by molar-refractivity contribution is 5.47. The Morgan fingerprint density at radius 1 is 1.00 bits per heavy atom. The monoisotopic (exact) mass is 395 g/mol. The first-order valence-corrected chi connectivity index (χ1v) is 9.10. The molecule has 1 saturated heterocycles. The number of likely N-dealkylation sites (tertiary alicyclic amines) is 1. The van der Waals surface area contributed by atoms with E-state index in [-0.39, 0.29) is 11.8 Å². The summed E-state index contributed by atoms with van der Waals surface area (Å²) in [6.07, 6.45) is -3.73. The number of methoxy groups -OCH3 is 2. The first-order chi connectivity index (χ1) is 13.3. The van der Waals surface area contributed by atoms with Crippen molar-refractivity contribution < 1.29 is 27.4 Å². The summed E-state index contributed by atoms with van der Waals surface area (Å²) < 4.78 is 52.1. The summed E-state index contributed by atoms with van der Waals surface area (Å²) in [5.41, 5.74) is 1.93. The Hall–Kier alpha value is -2.41. The molecule has 0 aliphatic carbocycles. The van der Waals surface area contributed by atoms with Gasteiger partial charge in [0.25, 0.3) is 0 Å². The van der Waals surface area contributed by atoms with Gasteiger partial charge in [0.2, 0.25) is 0 Å². The second-order valence-corrected chi connectivity index (χ2v) is 7.05. The van der Waals surface area contributed by atoms with E-state index in [0.717, 1.165) is 35.6 Å². The Labute approximate surface area is 162 Å². The van der Waals surface area contributed by atoms with Crippen LogP contribution in [-0.4, -0.2) is 32.0 Å². The van der Waals surface area contributed by atoms with Gasteiger partial charge in [-0.2, -0.15) is 0 Å². The molecule has 2 atom stereocenters. The number of halogens is 3. The third kappa shape index (κ3) is 4.70. The number of nitrogens with zero attached hydrogens (tertiary/aromatic N) is 1. The van der Waals surface area contributed by atoms with Crippen LogP contribution in [0.5, 0.6) is 17.2 Å².